The van der Waals surface area contributed by atoms with Crippen molar-refractivity contribution < 1.29 is 27.4 Å². The number of nitrogens with one attached hydrogen (secondary N) is 1. The Hall–Kier alpha value is -2.88. The van der Waals surface area contributed by atoms with Crippen molar-refractivity contribution >= 4 is 27.5 Å². The zero-order valence-corrected chi connectivity index (χ0v) is 14.9. The van der Waals surface area contributed by atoms with E-state index in [-0.39, 0.29) is 39.7 Å². The van der Waals surface area contributed by atoms with E-state index in [1.54, 1.807) is 6.92 Å². The quantitative estimate of drug-likeness (QED) is 0.668. The van der Waals surface area contributed by atoms with Crippen molar-refractivity contribution in [2.45, 2.75) is 13.3 Å². The van der Waals surface area contributed by atoms with Crippen LogP contribution < -0.4 is 15.2 Å². The molecule has 0 unspecified atom stereocenters. The number of hydrogen-bond acceptors (Lipinski definition) is 6. The summed E-state index contributed by atoms with van der Waals surface area (Å²) in [6, 6.07) is 3.61. The number of ether oxygens (including phenoxy) is 1. The zero-order chi connectivity index (χ0) is 19.5. The maximum atomic E-state index is 14.4. The van der Waals surface area contributed by atoms with Crippen LogP contribution in [0.1, 0.15) is 23.7 Å². The minimum atomic E-state index is -3.70. The Labute approximate surface area is 149 Å². The molecule has 0 aliphatic rings. The second kappa shape index (κ2) is 7.56. The van der Waals surface area contributed by atoms with Gasteiger partial charge < -0.3 is 15.6 Å². The van der Waals surface area contributed by atoms with Gasteiger partial charge in [-0.2, -0.15) is 0 Å². The molecule has 0 aliphatic heterocycles. The molecule has 1 heterocycles. The molecule has 8 nitrogen and oxygen atoms in total. The number of carbonyl (C=O) groups is 1. The topological polar surface area (TPSA) is 132 Å². The number of carboxylic acid groups (broad SMARTS) is 1. The molecule has 0 atom stereocenters. The van der Waals surface area contributed by atoms with Crippen molar-refractivity contribution in [1.82, 2.24) is 4.98 Å². The first-order valence-electron chi connectivity index (χ1n) is 7.55. The van der Waals surface area contributed by atoms with Crippen molar-refractivity contribution in [3.63, 3.8) is 0 Å². The number of aromatic nitrogens is 1. The Morgan fingerprint density at radius 3 is 2.65 bits per heavy atom. The summed E-state index contributed by atoms with van der Waals surface area (Å²) in [7, 11) is -2.50. The van der Waals surface area contributed by atoms with Crippen LogP contribution in [0.3, 0.4) is 0 Å². The van der Waals surface area contributed by atoms with Crippen LogP contribution in [0, 0.1) is 5.82 Å². The molecule has 0 bridgehead atoms. The van der Waals surface area contributed by atoms with Crippen molar-refractivity contribution in [3.8, 4) is 16.9 Å². The summed E-state index contributed by atoms with van der Waals surface area (Å²) in [5.41, 5.74) is 5.83. The molecule has 0 radical (unpaired) electrons. The van der Waals surface area contributed by atoms with E-state index < -0.39 is 21.8 Å². The van der Waals surface area contributed by atoms with Crippen LogP contribution in [0.25, 0.3) is 11.1 Å². The first kappa shape index (κ1) is 19.4. The Morgan fingerprint density at radius 1 is 1.38 bits per heavy atom. The summed E-state index contributed by atoms with van der Waals surface area (Å²) in [5, 5.41) is 9.08. The minimum absolute atomic E-state index is 0.0260. The number of hydrogen-bond donors (Lipinski definition) is 3. The summed E-state index contributed by atoms with van der Waals surface area (Å²) in [6.07, 6.45) is 1.45. The van der Waals surface area contributed by atoms with Gasteiger partial charge in [-0.05, 0) is 30.2 Å². The molecular weight excluding hydrogens is 365 g/mol. The highest BCUT2D eigenvalue weighted by Crippen LogP contribution is 2.36. The number of halogens is 1. The smallest absolute Gasteiger partial charge is 0.337 e. The molecule has 0 fully saturated rings. The summed E-state index contributed by atoms with van der Waals surface area (Å²) in [5.74, 6) is -2.52. The molecule has 10 heteroatoms. The van der Waals surface area contributed by atoms with Gasteiger partial charge in [0.2, 0.25) is 10.0 Å². The predicted octanol–water partition coefficient (Wildman–Crippen LogP) is 2.33. The zero-order valence-electron chi connectivity index (χ0n) is 14.1. The van der Waals surface area contributed by atoms with Crippen LogP contribution in [-0.2, 0) is 10.0 Å². The third-order valence-corrected chi connectivity index (χ3v) is 4.94. The van der Waals surface area contributed by atoms with E-state index in [4.69, 9.17) is 15.6 Å². The van der Waals surface area contributed by atoms with Crippen LogP contribution in [0.15, 0.2) is 24.4 Å². The fraction of sp³-hybridized carbons (Fsp3) is 0.250. The molecule has 0 saturated heterocycles. The van der Waals surface area contributed by atoms with Gasteiger partial charge in [0.25, 0.3) is 0 Å². The number of methoxy groups -OCH3 is 1. The first-order valence-corrected chi connectivity index (χ1v) is 9.21. The number of benzene rings is 1. The molecule has 140 valence electrons. The largest absolute Gasteiger partial charge is 0.492 e. The Morgan fingerprint density at radius 2 is 2.08 bits per heavy atom. The third-order valence-electron chi connectivity index (χ3n) is 3.46. The number of nitrogen functional groups attached to an aromatic ring is 1. The van der Waals surface area contributed by atoms with Crippen LogP contribution in [0.4, 0.5) is 15.9 Å². The molecule has 1 aromatic carbocycles. The maximum absolute atomic E-state index is 14.4. The van der Waals surface area contributed by atoms with Crippen molar-refractivity contribution in [1.29, 1.82) is 0 Å². The van der Waals surface area contributed by atoms with Crippen molar-refractivity contribution in [3.05, 3.63) is 35.8 Å². The molecule has 0 amide bonds. The lowest BCUT2D eigenvalue weighted by Gasteiger charge is -2.15. The lowest BCUT2D eigenvalue weighted by molar-refractivity contribution is 0.0696. The molecule has 0 spiro atoms. The van der Waals surface area contributed by atoms with Crippen molar-refractivity contribution in [2.75, 3.05) is 23.3 Å². The van der Waals surface area contributed by atoms with Gasteiger partial charge in [-0.25, -0.2) is 22.6 Å². The highest BCUT2D eigenvalue weighted by Gasteiger charge is 2.19. The first-order chi connectivity index (χ1) is 12.2. The van der Waals surface area contributed by atoms with Crippen molar-refractivity contribution in [2.24, 2.45) is 0 Å². The lowest BCUT2D eigenvalue weighted by Crippen LogP contribution is -2.17. The van der Waals surface area contributed by atoms with E-state index in [9.17, 15) is 17.6 Å². The average molecular weight is 383 g/mol. The van der Waals surface area contributed by atoms with Gasteiger partial charge in [0.05, 0.1) is 24.1 Å². The molecule has 2 aromatic rings. The van der Waals surface area contributed by atoms with E-state index in [1.165, 1.54) is 19.2 Å². The fourth-order valence-corrected chi connectivity index (χ4v) is 3.47. The van der Waals surface area contributed by atoms with Gasteiger partial charge in [0.15, 0.2) is 11.6 Å². The van der Waals surface area contributed by atoms with Gasteiger partial charge >= 0.3 is 5.97 Å². The highest BCUT2D eigenvalue weighted by atomic mass is 32.2. The van der Waals surface area contributed by atoms with Gasteiger partial charge in [-0.1, -0.05) is 6.92 Å². The number of carboxylic acids is 1. The maximum Gasteiger partial charge on any atom is 0.337 e. The Balaban J connectivity index is 2.62. The van der Waals surface area contributed by atoms with E-state index in [2.05, 4.69) is 9.71 Å². The lowest BCUT2D eigenvalue weighted by atomic mass is 10.0. The van der Waals surface area contributed by atoms with Gasteiger partial charge in [0.1, 0.15) is 5.82 Å². The Bertz CT molecular complexity index is 947. The fourth-order valence-electron chi connectivity index (χ4n) is 2.34. The number of aromatic carboxylic acids is 1. The van der Waals surface area contributed by atoms with Gasteiger partial charge in [-0.15, -0.1) is 0 Å². The second-order valence-electron chi connectivity index (χ2n) is 5.42. The number of sulfonamides is 1. The van der Waals surface area contributed by atoms with Crippen LogP contribution in [0.2, 0.25) is 0 Å². The minimum Gasteiger partial charge on any atom is -0.492 e. The summed E-state index contributed by atoms with van der Waals surface area (Å²) in [6.45, 7) is 1.69. The van der Waals surface area contributed by atoms with Crippen LogP contribution in [0.5, 0.6) is 5.75 Å². The summed E-state index contributed by atoms with van der Waals surface area (Å²) < 4.78 is 45.7. The van der Waals surface area contributed by atoms with Gasteiger partial charge in [-0.3, -0.25) is 4.72 Å². The number of nitrogens with zero attached hydrogens (tertiary/aromatic N) is 1. The van der Waals surface area contributed by atoms with E-state index in [1.807, 2.05) is 0 Å². The Kier molecular flexibility index (Phi) is 5.66. The molecule has 4 N–H and O–H groups in total. The third kappa shape index (κ3) is 4.20. The molecule has 1 aromatic heterocycles. The summed E-state index contributed by atoms with van der Waals surface area (Å²) in [4.78, 5) is 14.9. The number of pyridine rings is 1. The second-order valence-corrected chi connectivity index (χ2v) is 7.26. The van der Waals surface area contributed by atoms with Crippen LogP contribution in [-0.4, -0.2) is 37.3 Å². The number of nitrogens with two attached hydrogens (primary N) is 1. The number of rotatable bonds is 7. The van der Waals surface area contributed by atoms with Crippen LogP contribution >= 0.6 is 0 Å². The summed E-state index contributed by atoms with van der Waals surface area (Å²) >= 11 is 0. The number of anilines is 2. The monoisotopic (exact) mass is 383 g/mol. The standard InChI is InChI=1S/C16H18FN3O5S/c1-3-4-26(23,24)20-13-7-9(6-12(17)14(13)25-2)11-5-10(16(21)22)8-19-15(11)18/h5-8,20H,3-4H2,1-2H3,(H2,18,19)(H,21,22). The SMILES string of the molecule is CCCS(=O)(=O)Nc1cc(-c2cc(C(=O)O)cnc2N)cc(F)c1OC. The van der Waals surface area contributed by atoms with E-state index in [0.29, 0.717) is 6.42 Å². The molecule has 2 rings (SSSR count). The molecular formula is C16H18FN3O5S. The average Bonchev–Trinajstić information content (AvgIpc) is 2.54. The predicted molar refractivity (Wildman–Crippen MR) is 95.3 cm³/mol. The van der Waals surface area contributed by atoms with E-state index >= 15 is 0 Å². The molecule has 0 saturated carbocycles. The van der Waals surface area contributed by atoms with Gasteiger partial charge in [0, 0.05) is 11.8 Å². The molecule has 0 aliphatic carbocycles. The molecule has 26 heavy (non-hydrogen) atoms. The van der Waals surface area contributed by atoms with E-state index in [0.717, 1.165) is 12.3 Å². The highest BCUT2D eigenvalue weighted by molar-refractivity contribution is 7.92. The normalized spacial score (nSPS) is 11.2.